The molecular formula is C34H36F3N7O5. The molecule has 0 amide bonds. The largest absolute Gasteiger partial charge is 0.480 e. The first-order chi connectivity index (χ1) is 23.3. The molecule has 0 bridgehead atoms. The second kappa shape index (κ2) is 13.4. The SMILES string of the molecule is CCOC(=O)c1ccc(-c2ccc(-n3ccc(C)n3)c([C@@H](Oc3cc(N4CCC5(CC4)CNC(C(=O)O)C5)nc(N)n3)C(F)(F)F)c2)cc1. The normalized spacial score (nSPS) is 18.0. The van der Waals surface area contributed by atoms with E-state index in [1.807, 2.05) is 4.90 Å². The lowest BCUT2D eigenvalue weighted by molar-refractivity contribution is -0.198. The summed E-state index contributed by atoms with van der Waals surface area (Å²) in [6, 6.07) is 13.4. The van der Waals surface area contributed by atoms with E-state index in [0.29, 0.717) is 67.1 Å². The molecule has 6 rings (SSSR count). The molecule has 0 aliphatic carbocycles. The minimum Gasteiger partial charge on any atom is -0.480 e. The molecule has 1 spiro atoms. The number of hydrogen-bond acceptors (Lipinski definition) is 10. The summed E-state index contributed by atoms with van der Waals surface area (Å²) in [7, 11) is 0. The van der Waals surface area contributed by atoms with Gasteiger partial charge in [-0.1, -0.05) is 18.2 Å². The van der Waals surface area contributed by atoms with Crippen molar-refractivity contribution < 1.29 is 37.3 Å². The third-order valence-corrected chi connectivity index (χ3v) is 9.06. The van der Waals surface area contributed by atoms with E-state index in [2.05, 4.69) is 20.4 Å². The summed E-state index contributed by atoms with van der Waals surface area (Å²) in [6.07, 6.45) is -3.94. The van der Waals surface area contributed by atoms with Crippen molar-refractivity contribution in [1.82, 2.24) is 25.1 Å². The van der Waals surface area contributed by atoms with Crippen LogP contribution in [-0.4, -0.2) is 75.3 Å². The second-order valence-electron chi connectivity index (χ2n) is 12.4. The summed E-state index contributed by atoms with van der Waals surface area (Å²) in [4.78, 5) is 33.8. The van der Waals surface area contributed by atoms with Crippen molar-refractivity contribution in [2.24, 2.45) is 5.41 Å². The fourth-order valence-electron chi connectivity index (χ4n) is 6.48. The van der Waals surface area contributed by atoms with Crippen LogP contribution < -0.4 is 20.7 Å². The number of aliphatic carboxylic acids is 1. The van der Waals surface area contributed by atoms with E-state index in [-0.39, 0.29) is 35.1 Å². The van der Waals surface area contributed by atoms with Crippen LogP contribution in [0.4, 0.5) is 24.9 Å². The van der Waals surface area contributed by atoms with Gasteiger partial charge in [0.2, 0.25) is 17.9 Å². The first-order valence-electron chi connectivity index (χ1n) is 15.9. The highest BCUT2D eigenvalue weighted by Gasteiger charge is 2.46. The predicted molar refractivity (Wildman–Crippen MR) is 173 cm³/mol. The van der Waals surface area contributed by atoms with Crippen LogP contribution in [0.15, 0.2) is 60.8 Å². The topological polar surface area (TPSA) is 158 Å². The summed E-state index contributed by atoms with van der Waals surface area (Å²) >= 11 is 0. The predicted octanol–water partition coefficient (Wildman–Crippen LogP) is 5.11. The Bertz CT molecular complexity index is 1840. The standard InChI is InChI=1S/C34H36F3N7O5/c1-3-48-31(47)22-6-4-21(5-7-22)23-8-9-26(44-13-10-20(2)42-44)24(16-23)29(34(35,36)37)49-28-17-27(40-32(38)41-28)43-14-11-33(12-15-43)18-25(30(45)46)39-19-33/h4-10,13,16-17,25,29,39H,3,11-12,14-15,18-19H2,1-2H3,(H,45,46)(H2,38,40,41)/t25?,29-/m1/s1. The molecule has 4 heterocycles. The van der Waals surface area contributed by atoms with Crippen LogP contribution in [-0.2, 0) is 9.53 Å². The quantitative estimate of drug-likeness (QED) is 0.202. The molecule has 2 aromatic heterocycles. The molecule has 2 aliphatic heterocycles. The van der Waals surface area contributed by atoms with Crippen LogP contribution in [0.3, 0.4) is 0 Å². The van der Waals surface area contributed by atoms with Crippen LogP contribution in [0.25, 0.3) is 16.8 Å². The zero-order valence-corrected chi connectivity index (χ0v) is 26.9. The second-order valence-corrected chi connectivity index (χ2v) is 12.4. The van der Waals surface area contributed by atoms with Crippen LogP contribution in [0.1, 0.15) is 53.9 Å². The fraction of sp³-hybridized carbons (Fsp3) is 0.382. The molecule has 0 saturated carbocycles. The number of nitrogens with one attached hydrogen (secondary N) is 1. The van der Waals surface area contributed by atoms with Crippen molar-refractivity contribution >= 4 is 23.7 Å². The van der Waals surface area contributed by atoms with E-state index in [1.54, 1.807) is 56.4 Å². The molecule has 4 aromatic rings. The van der Waals surface area contributed by atoms with Crippen molar-refractivity contribution in [3.05, 3.63) is 77.6 Å². The van der Waals surface area contributed by atoms with Gasteiger partial charge in [0, 0.05) is 37.5 Å². The van der Waals surface area contributed by atoms with E-state index < -0.39 is 30.3 Å². The minimum atomic E-state index is -4.89. The minimum absolute atomic E-state index is 0.149. The molecule has 2 fully saturated rings. The number of hydrogen-bond donors (Lipinski definition) is 3. The highest BCUT2D eigenvalue weighted by Crippen LogP contribution is 2.43. The summed E-state index contributed by atoms with van der Waals surface area (Å²) in [5.41, 5.74) is 7.70. The molecule has 2 aromatic carbocycles. The number of carbonyl (C=O) groups is 2. The zero-order valence-electron chi connectivity index (χ0n) is 26.9. The maximum Gasteiger partial charge on any atom is 0.429 e. The Kier molecular flexibility index (Phi) is 9.20. The van der Waals surface area contributed by atoms with Crippen molar-refractivity contribution in [3.63, 3.8) is 0 Å². The van der Waals surface area contributed by atoms with Crippen LogP contribution >= 0.6 is 0 Å². The number of carbonyl (C=O) groups excluding carboxylic acids is 1. The Morgan fingerprint density at radius 3 is 2.41 bits per heavy atom. The number of nitrogen functional groups attached to an aromatic ring is 1. The monoisotopic (exact) mass is 679 g/mol. The number of aromatic nitrogens is 4. The average molecular weight is 680 g/mol. The van der Waals surface area contributed by atoms with Crippen LogP contribution in [0.2, 0.25) is 0 Å². The Labute approximate surface area is 280 Å². The highest BCUT2D eigenvalue weighted by molar-refractivity contribution is 5.90. The zero-order chi connectivity index (χ0) is 34.9. The number of carboxylic acids is 1. The lowest BCUT2D eigenvalue weighted by atomic mass is 9.76. The van der Waals surface area contributed by atoms with Crippen molar-refractivity contribution in [2.45, 2.75) is 51.4 Å². The van der Waals surface area contributed by atoms with Gasteiger partial charge in [0.25, 0.3) is 0 Å². The molecule has 49 heavy (non-hydrogen) atoms. The van der Waals surface area contributed by atoms with Crippen LogP contribution in [0.5, 0.6) is 5.88 Å². The van der Waals surface area contributed by atoms with Gasteiger partial charge in [-0.2, -0.15) is 28.2 Å². The fourth-order valence-corrected chi connectivity index (χ4v) is 6.48. The first-order valence-corrected chi connectivity index (χ1v) is 15.9. The number of ether oxygens (including phenoxy) is 2. The van der Waals surface area contributed by atoms with Gasteiger partial charge in [-0.25, -0.2) is 9.48 Å². The molecule has 0 radical (unpaired) electrons. The Morgan fingerprint density at radius 2 is 1.80 bits per heavy atom. The number of halogens is 3. The number of carboxylic acid groups (broad SMARTS) is 1. The molecule has 258 valence electrons. The number of anilines is 2. The molecule has 2 atom stereocenters. The summed E-state index contributed by atoms with van der Waals surface area (Å²) in [5, 5.41) is 16.8. The van der Waals surface area contributed by atoms with Crippen LogP contribution in [0, 0.1) is 12.3 Å². The van der Waals surface area contributed by atoms with Gasteiger partial charge in [-0.15, -0.1) is 0 Å². The number of alkyl halides is 3. The summed E-state index contributed by atoms with van der Waals surface area (Å²) in [5.74, 6) is -1.67. The third-order valence-electron chi connectivity index (χ3n) is 9.06. The van der Waals surface area contributed by atoms with E-state index >= 15 is 13.2 Å². The summed E-state index contributed by atoms with van der Waals surface area (Å²) < 4.78 is 57.1. The lowest BCUT2D eigenvalue weighted by Crippen LogP contribution is -2.41. The van der Waals surface area contributed by atoms with E-state index in [0.717, 1.165) is 0 Å². The van der Waals surface area contributed by atoms with Crippen molar-refractivity contribution in [3.8, 4) is 22.7 Å². The number of esters is 1. The van der Waals surface area contributed by atoms with Gasteiger partial charge < -0.3 is 30.5 Å². The number of aryl methyl sites for hydroxylation is 1. The number of rotatable bonds is 9. The molecule has 1 unspecified atom stereocenters. The number of benzene rings is 2. The van der Waals surface area contributed by atoms with Gasteiger partial charge in [-0.05, 0) is 80.0 Å². The number of piperidine rings is 1. The van der Waals surface area contributed by atoms with Gasteiger partial charge in [0.05, 0.1) is 23.6 Å². The van der Waals surface area contributed by atoms with E-state index in [9.17, 15) is 14.7 Å². The van der Waals surface area contributed by atoms with E-state index in [1.165, 1.54) is 22.9 Å². The van der Waals surface area contributed by atoms with Gasteiger partial charge in [0.15, 0.2) is 0 Å². The highest BCUT2D eigenvalue weighted by atomic mass is 19.4. The number of nitrogens with two attached hydrogens (primary N) is 1. The molecule has 12 nitrogen and oxygen atoms in total. The van der Waals surface area contributed by atoms with Gasteiger partial charge in [-0.3, -0.25) is 4.79 Å². The van der Waals surface area contributed by atoms with Crippen molar-refractivity contribution in [2.75, 3.05) is 36.9 Å². The first kappa shape index (κ1) is 33.7. The average Bonchev–Trinajstić information content (AvgIpc) is 3.69. The Balaban J connectivity index is 1.31. The third kappa shape index (κ3) is 7.31. The maximum absolute atomic E-state index is 15.0. The molecule has 2 saturated heterocycles. The maximum atomic E-state index is 15.0. The summed E-state index contributed by atoms with van der Waals surface area (Å²) in [6.45, 7) is 5.23. The van der Waals surface area contributed by atoms with E-state index in [4.69, 9.17) is 15.2 Å². The number of nitrogens with zero attached hydrogens (tertiary/aromatic N) is 5. The molecular weight excluding hydrogens is 643 g/mol. The Hall–Kier alpha value is -5.18. The molecule has 2 aliphatic rings. The molecule has 4 N–H and O–H groups in total. The molecule has 15 heteroatoms. The van der Waals surface area contributed by atoms with Gasteiger partial charge >= 0.3 is 18.1 Å². The van der Waals surface area contributed by atoms with Gasteiger partial charge in [0.1, 0.15) is 11.9 Å². The smallest absolute Gasteiger partial charge is 0.429 e. The van der Waals surface area contributed by atoms with Crippen molar-refractivity contribution in [1.29, 1.82) is 0 Å². The lowest BCUT2D eigenvalue weighted by Gasteiger charge is -2.39. The Morgan fingerprint density at radius 1 is 1.08 bits per heavy atom.